The number of aryl methyl sites for hydroxylation is 1. The second kappa shape index (κ2) is 7.14. The molecule has 20 heavy (non-hydrogen) atoms. The number of aliphatic carboxylic acids is 1. The number of ether oxygens (including phenoxy) is 2. The van der Waals surface area contributed by atoms with Crippen LogP contribution >= 0.6 is 0 Å². The van der Waals surface area contributed by atoms with E-state index in [1.807, 2.05) is 13.8 Å². The van der Waals surface area contributed by atoms with Crippen molar-refractivity contribution >= 4 is 5.97 Å². The molecule has 0 bridgehead atoms. The van der Waals surface area contributed by atoms with Gasteiger partial charge in [0, 0.05) is 6.42 Å². The number of rotatable bonds is 7. The van der Waals surface area contributed by atoms with Gasteiger partial charge in [-0.25, -0.2) is 0 Å². The molecule has 0 saturated heterocycles. The normalized spacial score (nSPS) is 13.7. The predicted molar refractivity (Wildman–Crippen MR) is 75.3 cm³/mol. The maximum absolute atomic E-state index is 10.7. The highest BCUT2D eigenvalue weighted by atomic mass is 16.5. The molecule has 1 aromatic carbocycles. The van der Waals surface area contributed by atoms with Crippen LogP contribution in [-0.2, 0) is 4.79 Å². The van der Waals surface area contributed by atoms with E-state index in [2.05, 4.69) is 0 Å². The van der Waals surface area contributed by atoms with Gasteiger partial charge in [0.15, 0.2) is 11.5 Å². The molecule has 0 fully saturated rings. The Hall–Kier alpha value is -1.75. The average Bonchev–Trinajstić information content (AvgIpc) is 2.36. The molecule has 0 saturated carbocycles. The maximum atomic E-state index is 10.7. The third-order valence-electron chi connectivity index (χ3n) is 3.28. The van der Waals surface area contributed by atoms with Gasteiger partial charge in [-0.1, -0.05) is 6.92 Å². The Morgan fingerprint density at radius 3 is 2.30 bits per heavy atom. The first kappa shape index (κ1) is 16.3. The number of carboxylic acid groups (broad SMARTS) is 1. The van der Waals surface area contributed by atoms with Crippen LogP contribution in [0.5, 0.6) is 11.5 Å². The average molecular weight is 282 g/mol. The minimum absolute atomic E-state index is 0.0450. The summed E-state index contributed by atoms with van der Waals surface area (Å²) in [5, 5.41) is 19.0. The summed E-state index contributed by atoms with van der Waals surface area (Å²) in [6.45, 7) is 3.69. The van der Waals surface area contributed by atoms with Gasteiger partial charge in [-0.15, -0.1) is 0 Å². The highest BCUT2D eigenvalue weighted by molar-refractivity contribution is 5.66. The fourth-order valence-corrected chi connectivity index (χ4v) is 2.24. The lowest BCUT2D eigenvalue weighted by atomic mass is 9.93. The van der Waals surface area contributed by atoms with E-state index in [1.165, 1.54) is 7.11 Å². The van der Waals surface area contributed by atoms with Gasteiger partial charge < -0.3 is 19.7 Å². The van der Waals surface area contributed by atoms with Crippen LogP contribution in [0.2, 0.25) is 0 Å². The number of carboxylic acids is 1. The molecule has 2 N–H and O–H groups in total. The van der Waals surface area contributed by atoms with Crippen molar-refractivity contribution in [3.63, 3.8) is 0 Å². The summed E-state index contributed by atoms with van der Waals surface area (Å²) in [7, 11) is 3.10. The van der Waals surface area contributed by atoms with Gasteiger partial charge in [0.2, 0.25) is 0 Å². The molecule has 5 heteroatoms. The minimum Gasteiger partial charge on any atom is -0.493 e. The number of methoxy groups -OCH3 is 2. The molecular formula is C15H22O5. The summed E-state index contributed by atoms with van der Waals surface area (Å²) in [4.78, 5) is 10.7. The van der Waals surface area contributed by atoms with E-state index < -0.39 is 12.1 Å². The summed E-state index contributed by atoms with van der Waals surface area (Å²) in [6.07, 6.45) is -0.282. The second-order valence-electron chi connectivity index (χ2n) is 5.02. The van der Waals surface area contributed by atoms with E-state index in [-0.39, 0.29) is 12.3 Å². The van der Waals surface area contributed by atoms with E-state index in [0.717, 1.165) is 11.1 Å². The van der Waals surface area contributed by atoms with Gasteiger partial charge in [-0.2, -0.15) is 0 Å². The van der Waals surface area contributed by atoms with E-state index in [9.17, 15) is 9.90 Å². The highest BCUT2D eigenvalue weighted by Crippen LogP contribution is 2.34. The number of aliphatic hydroxyl groups excluding tert-OH is 1. The highest BCUT2D eigenvalue weighted by Gasteiger charge is 2.19. The summed E-state index contributed by atoms with van der Waals surface area (Å²) in [5.74, 6) is 0.210. The predicted octanol–water partition coefficient (Wildman–Crippen LogP) is 2.55. The lowest BCUT2D eigenvalue weighted by Gasteiger charge is -2.19. The Morgan fingerprint density at radius 1 is 1.25 bits per heavy atom. The second-order valence-corrected chi connectivity index (χ2v) is 5.02. The van der Waals surface area contributed by atoms with E-state index in [1.54, 1.807) is 19.2 Å². The summed E-state index contributed by atoms with van der Waals surface area (Å²) in [5.41, 5.74) is 1.62. The zero-order chi connectivity index (χ0) is 15.3. The first-order chi connectivity index (χ1) is 9.38. The zero-order valence-electron chi connectivity index (χ0n) is 12.3. The van der Waals surface area contributed by atoms with Gasteiger partial charge in [-0.05, 0) is 42.5 Å². The first-order valence-corrected chi connectivity index (χ1v) is 6.51. The third kappa shape index (κ3) is 4.13. The van der Waals surface area contributed by atoms with Crippen molar-refractivity contribution in [2.45, 2.75) is 32.8 Å². The molecule has 1 aromatic rings. The van der Waals surface area contributed by atoms with Crippen molar-refractivity contribution < 1.29 is 24.5 Å². The molecule has 2 atom stereocenters. The first-order valence-electron chi connectivity index (χ1n) is 6.51. The Bertz CT molecular complexity index is 470. The number of carbonyl (C=O) groups is 1. The monoisotopic (exact) mass is 282 g/mol. The lowest BCUT2D eigenvalue weighted by Crippen LogP contribution is -2.10. The third-order valence-corrected chi connectivity index (χ3v) is 3.28. The van der Waals surface area contributed by atoms with Crippen LogP contribution in [0.25, 0.3) is 0 Å². The Balaban J connectivity index is 2.92. The van der Waals surface area contributed by atoms with Crippen LogP contribution in [0, 0.1) is 12.8 Å². The van der Waals surface area contributed by atoms with Gasteiger partial charge in [0.1, 0.15) is 0 Å². The van der Waals surface area contributed by atoms with Gasteiger partial charge >= 0.3 is 5.97 Å². The van der Waals surface area contributed by atoms with Crippen LogP contribution in [-0.4, -0.2) is 30.4 Å². The topological polar surface area (TPSA) is 76.0 Å². The van der Waals surface area contributed by atoms with Crippen LogP contribution < -0.4 is 9.47 Å². The van der Waals surface area contributed by atoms with Gasteiger partial charge in [0.05, 0.1) is 20.3 Å². The van der Waals surface area contributed by atoms with Crippen LogP contribution in [0.3, 0.4) is 0 Å². The Labute approximate surface area is 119 Å². The van der Waals surface area contributed by atoms with Crippen LogP contribution in [0.1, 0.15) is 37.0 Å². The standard InChI is InChI=1S/C15H22O5/c1-9(6-15(17)18)5-12(16)11-8-14(20-4)13(19-3)7-10(11)2/h7-9,12,16H,5-6H2,1-4H3,(H,17,18). The minimum atomic E-state index is -0.853. The van der Waals surface area contributed by atoms with Crippen molar-refractivity contribution in [2.24, 2.45) is 5.92 Å². The van der Waals surface area contributed by atoms with Crippen LogP contribution in [0.15, 0.2) is 12.1 Å². The zero-order valence-corrected chi connectivity index (χ0v) is 12.3. The van der Waals surface area contributed by atoms with Crippen molar-refractivity contribution in [2.75, 3.05) is 14.2 Å². The van der Waals surface area contributed by atoms with Crippen molar-refractivity contribution in [1.82, 2.24) is 0 Å². The Kier molecular flexibility index (Phi) is 5.82. The summed E-state index contributed by atoms with van der Waals surface area (Å²) in [6, 6.07) is 3.55. The number of aliphatic hydroxyl groups is 1. The summed E-state index contributed by atoms with van der Waals surface area (Å²) >= 11 is 0. The molecule has 5 nitrogen and oxygen atoms in total. The summed E-state index contributed by atoms with van der Waals surface area (Å²) < 4.78 is 10.4. The van der Waals surface area contributed by atoms with Crippen molar-refractivity contribution in [1.29, 1.82) is 0 Å². The molecule has 0 amide bonds. The molecule has 0 heterocycles. The molecule has 0 aliphatic carbocycles. The molecule has 0 spiro atoms. The number of hydrogen-bond donors (Lipinski definition) is 2. The smallest absolute Gasteiger partial charge is 0.303 e. The fraction of sp³-hybridized carbons (Fsp3) is 0.533. The molecule has 0 radical (unpaired) electrons. The fourth-order valence-electron chi connectivity index (χ4n) is 2.24. The molecule has 0 aliphatic rings. The van der Waals surface area contributed by atoms with Gasteiger partial charge in [-0.3, -0.25) is 4.79 Å². The molecule has 112 valence electrons. The van der Waals surface area contributed by atoms with Crippen LogP contribution in [0.4, 0.5) is 0 Å². The van der Waals surface area contributed by atoms with E-state index in [4.69, 9.17) is 14.6 Å². The molecule has 0 aromatic heterocycles. The largest absolute Gasteiger partial charge is 0.493 e. The Morgan fingerprint density at radius 2 is 1.80 bits per heavy atom. The molecular weight excluding hydrogens is 260 g/mol. The quantitative estimate of drug-likeness (QED) is 0.803. The van der Waals surface area contributed by atoms with Crippen molar-refractivity contribution in [3.05, 3.63) is 23.3 Å². The molecule has 1 rings (SSSR count). The maximum Gasteiger partial charge on any atom is 0.303 e. The van der Waals surface area contributed by atoms with E-state index in [0.29, 0.717) is 17.9 Å². The lowest BCUT2D eigenvalue weighted by molar-refractivity contribution is -0.138. The van der Waals surface area contributed by atoms with Gasteiger partial charge in [0.25, 0.3) is 0 Å². The van der Waals surface area contributed by atoms with Crippen molar-refractivity contribution in [3.8, 4) is 11.5 Å². The molecule has 2 unspecified atom stereocenters. The number of hydrogen-bond acceptors (Lipinski definition) is 4. The number of benzene rings is 1. The SMILES string of the molecule is COc1cc(C)c(C(O)CC(C)CC(=O)O)cc1OC. The van der Waals surface area contributed by atoms with E-state index >= 15 is 0 Å². The molecule has 0 aliphatic heterocycles.